The standard InChI is InChI=1S/C24H20Cl2N2O3/c1-15-13-17(25)14-20(26)22(15)31-12-11-28-23(16-7-9-18(30-2)10-8-16)27-21-6-4-3-5-19(21)24(28)29/h3-10,13-14H,11-12H2,1-2H3. The second kappa shape index (κ2) is 9.00. The molecule has 0 aliphatic carbocycles. The Hall–Kier alpha value is -3.02. The third-order valence-corrected chi connectivity index (χ3v) is 5.46. The summed E-state index contributed by atoms with van der Waals surface area (Å²) >= 11 is 12.3. The van der Waals surface area contributed by atoms with Gasteiger partial charge in [-0.1, -0.05) is 35.3 Å². The monoisotopic (exact) mass is 454 g/mol. The molecule has 0 unspecified atom stereocenters. The van der Waals surface area contributed by atoms with E-state index in [1.54, 1.807) is 29.9 Å². The highest BCUT2D eigenvalue weighted by Gasteiger charge is 2.14. The van der Waals surface area contributed by atoms with E-state index in [0.717, 1.165) is 16.9 Å². The number of aromatic nitrogens is 2. The van der Waals surface area contributed by atoms with E-state index in [1.165, 1.54) is 0 Å². The van der Waals surface area contributed by atoms with Crippen LogP contribution in [0.1, 0.15) is 5.56 Å². The molecule has 0 atom stereocenters. The number of aryl methyl sites for hydroxylation is 1. The molecule has 0 bridgehead atoms. The Labute approximate surface area is 189 Å². The van der Waals surface area contributed by atoms with Crippen molar-refractivity contribution in [3.05, 3.63) is 86.6 Å². The Morgan fingerprint density at radius 3 is 2.48 bits per heavy atom. The van der Waals surface area contributed by atoms with E-state index in [1.807, 2.05) is 49.4 Å². The summed E-state index contributed by atoms with van der Waals surface area (Å²) in [6.07, 6.45) is 0. The number of halogens is 2. The van der Waals surface area contributed by atoms with E-state index < -0.39 is 0 Å². The summed E-state index contributed by atoms with van der Waals surface area (Å²) in [5.74, 6) is 1.85. The van der Waals surface area contributed by atoms with Crippen LogP contribution in [0, 0.1) is 6.92 Å². The first-order chi connectivity index (χ1) is 15.0. The maximum atomic E-state index is 13.3. The molecule has 4 rings (SSSR count). The van der Waals surface area contributed by atoms with Crippen molar-refractivity contribution < 1.29 is 9.47 Å². The van der Waals surface area contributed by atoms with Gasteiger partial charge in [0.25, 0.3) is 5.56 Å². The molecule has 158 valence electrons. The van der Waals surface area contributed by atoms with Gasteiger partial charge in [-0.25, -0.2) is 4.98 Å². The smallest absolute Gasteiger partial charge is 0.261 e. The summed E-state index contributed by atoms with van der Waals surface area (Å²) in [5.41, 5.74) is 2.16. The second-order valence-corrected chi connectivity index (χ2v) is 7.86. The van der Waals surface area contributed by atoms with Crippen LogP contribution in [-0.2, 0) is 6.54 Å². The molecule has 0 saturated heterocycles. The van der Waals surface area contributed by atoms with Gasteiger partial charge in [-0.2, -0.15) is 0 Å². The lowest BCUT2D eigenvalue weighted by atomic mass is 10.1. The van der Waals surface area contributed by atoms with E-state index in [9.17, 15) is 4.79 Å². The quantitative estimate of drug-likeness (QED) is 0.371. The van der Waals surface area contributed by atoms with Gasteiger partial charge in [0.15, 0.2) is 0 Å². The summed E-state index contributed by atoms with van der Waals surface area (Å²) < 4.78 is 12.8. The molecular weight excluding hydrogens is 435 g/mol. The number of fused-ring (bicyclic) bond motifs is 1. The van der Waals surface area contributed by atoms with Crippen LogP contribution in [0.15, 0.2) is 65.5 Å². The Balaban J connectivity index is 1.72. The number of hydrogen-bond acceptors (Lipinski definition) is 4. The Bertz CT molecular complexity index is 1280. The molecule has 5 nitrogen and oxygen atoms in total. The third kappa shape index (κ3) is 4.38. The molecule has 1 aromatic heterocycles. The topological polar surface area (TPSA) is 53.3 Å². The van der Waals surface area contributed by atoms with Crippen LogP contribution in [0.4, 0.5) is 0 Å². The number of para-hydroxylation sites is 1. The molecule has 0 radical (unpaired) electrons. The molecule has 3 aromatic carbocycles. The zero-order chi connectivity index (χ0) is 22.0. The molecule has 31 heavy (non-hydrogen) atoms. The van der Waals surface area contributed by atoms with E-state index in [0.29, 0.717) is 39.1 Å². The van der Waals surface area contributed by atoms with Crippen molar-refractivity contribution in [1.82, 2.24) is 9.55 Å². The Kier molecular flexibility index (Phi) is 6.16. The average Bonchev–Trinajstić information content (AvgIpc) is 2.76. The van der Waals surface area contributed by atoms with Crippen molar-refractivity contribution in [2.75, 3.05) is 13.7 Å². The van der Waals surface area contributed by atoms with E-state index in [-0.39, 0.29) is 12.2 Å². The van der Waals surface area contributed by atoms with Crippen LogP contribution in [0.5, 0.6) is 11.5 Å². The maximum absolute atomic E-state index is 13.3. The number of benzene rings is 3. The molecule has 0 spiro atoms. The van der Waals surface area contributed by atoms with Gasteiger partial charge in [-0.3, -0.25) is 9.36 Å². The predicted octanol–water partition coefficient (Wildman–Crippen LogP) is 5.77. The minimum absolute atomic E-state index is 0.126. The fourth-order valence-electron chi connectivity index (χ4n) is 3.45. The van der Waals surface area contributed by atoms with Gasteiger partial charge in [0.1, 0.15) is 23.9 Å². The van der Waals surface area contributed by atoms with Gasteiger partial charge in [0, 0.05) is 10.6 Å². The van der Waals surface area contributed by atoms with E-state index in [2.05, 4.69) is 0 Å². The average molecular weight is 455 g/mol. The van der Waals surface area contributed by atoms with Crippen LogP contribution in [0.3, 0.4) is 0 Å². The Morgan fingerprint density at radius 1 is 1.03 bits per heavy atom. The SMILES string of the molecule is COc1ccc(-c2nc3ccccc3c(=O)n2CCOc2c(C)cc(Cl)cc2Cl)cc1. The van der Waals surface area contributed by atoms with Crippen LogP contribution in [0.25, 0.3) is 22.3 Å². The zero-order valence-electron chi connectivity index (χ0n) is 17.1. The second-order valence-electron chi connectivity index (χ2n) is 7.02. The van der Waals surface area contributed by atoms with Crippen molar-refractivity contribution in [3.63, 3.8) is 0 Å². The van der Waals surface area contributed by atoms with Crippen LogP contribution in [0.2, 0.25) is 10.0 Å². The summed E-state index contributed by atoms with van der Waals surface area (Å²) in [6, 6.07) is 18.2. The summed E-state index contributed by atoms with van der Waals surface area (Å²) in [5, 5.41) is 1.54. The fourth-order valence-corrected chi connectivity index (χ4v) is 4.10. The molecule has 4 aromatic rings. The highest BCUT2D eigenvalue weighted by molar-refractivity contribution is 6.35. The molecular formula is C24H20Cl2N2O3. The first kappa shape index (κ1) is 21.2. The normalized spacial score (nSPS) is 11.0. The number of nitrogens with zero attached hydrogens (tertiary/aromatic N) is 2. The molecule has 0 fully saturated rings. The first-order valence-corrected chi connectivity index (χ1v) is 10.5. The Morgan fingerprint density at radius 2 is 1.77 bits per heavy atom. The lowest BCUT2D eigenvalue weighted by Gasteiger charge is -2.16. The number of methoxy groups -OCH3 is 1. The third-order valence-electron chi connectivity index (χ3n) is 4.97. The van der Waals surface area contributed by atoms with E-state index >= 15 is 0 Å². The van der Waals surface area contributed by atoms with Gasteiger partial charge >= 0.3 is 0 Å². The minimum atomic E-state index is -0.126. The zero-order valence-corrected chi connectivity index (χ0v) is 18.6. The van der Waals surface area contributed by atoms with Gasteiger partial charge < -0.3 is 9.47 Å². The predicted molar refractivity (Wildman–Crippen MR) is 125 cm³/mol. The summed E-state index contributed by atoms with van der Waals surface area (Å²) in [6.45, 7) is 2.42. The fraction of sp³-hybridized carbons (Fsp3) is 0.167. The molecule has 0 aliphatic heterocycles. The molecule has 7 heteroatoms. The largest absolute Gasteiger partial charge is 0.497 e. The van der Waals surface area contributed by atoms with Crippen LogP contribution in [-0.4, -0.2) is 23.3 Å². The minimum Gasteiger partial charge on any atom is -0.497 e. The maximum Gasteiger partial charge on any atom is 0.261 e. The van der Waals surface area contributed by atoms with Gasteiger partial charge in [-0.15, -0.1) is 0 Å². The van der Waals surface area contributed by atoms with Crippen molar-refractivity contribution in [2.45, 2.75) is 13.5 Å². The van der Waals surface area contributed by atoms with Crippen LogP contribution < -0.4 is 15.0 Å². The van der Waals surface area contributed by atoms with Crippen LogP contribution >= 0.6 is 23.2 Å². The number of rotatable bonds is 6. The lowest BCUT2D eigenvalue weighted by Crippen LogP contribution is -2.26. The van der Waals surface area contributed by atoms with Gasteiger partial charge in [0.05, 0.1) is 29.6 Å². The highest BCUT2D eigenvalue weighted by Crippen LogP contribution is 2.32. The first-order valence-electron chi connectivity index (χ1n) is 9.70. The number of ether oxygens (including phenoxy) is 2. The summed E-state index contributed by atoms with van der Waals surface area (Å²) in [7, 11) is 1.61. The molecule has 0 saturated carbocycles. The van der Waals surface area contributed by atoms with Crippen molar-refractivity contribution in [3.8, 4) is 22.9 Å². The summed E-state index contributed by atoms with van der Waals surface area (Å²) in [4.78, 5) is 18.0. The van der Waals surface area contributed by atoms with Crippen molar-refractivity contribution in [2.24, 2.45) is 0 Å². The van der Waals surface area contributed by atoms with Gasteiger partial charge in [-0.05, 0) is 61.0 Å². The van der Waals surface area contributed by atoms with Gasteiger partial charge in [0.2, 0.25) is 0 Å². The van der Waals surface area contributed by atoms with E-state index in [4.69, 9.17) is 37.7 Å². The van der Waals surface area contributed by atoms with Crippen molar-refractivity contribution in [1.29, 1.82) is 0 Å². The molecule has 1 heterocycles. The van der Waals surface area contributed by atoms with Crippen molar-refractivity contribution >= 4 is 34.1 Å². The highest BCUT2D eigenvalue weighted by atomic mass is 35.5. The molecule has 0 aliphatic rings. The lowest BCUT2D eigenvalue weighted by molar-refractivity contribution is 0.295. The number of hydrogen-bond donors (Lipinski definition) is 0. The molecule has 0 N–H and O–H groups in total. The molecule has 0 amide bonds.